The van der Waals surface area contributed by atoms with E-state index in [0.29, 0.717) is 0 Å². The Balaban J connectivity index is 1.65. The summed E-state index contributed by atoms with van der Waals surface area (Å²) < 4.78 is 2.38. The predicted octanol–water partition coefficient (Wildman–Crippen LogP) is -2.48. The standard InChI is InChI=1S/C18H20N8O8S3/c1-25-17-23-11(28)13(29)26(25)18(5-37-17)4-36-12(22-9(18)15(32)33)8(14(30)31)21-10(27)7(24-34-2)6-3-35-16(19)20-6/h3,8-9,12,22H,4-5H2,1-2H3,(H2,19,20)(H,21,27)(H,30,31)(H,32,33)/b24-7-/t8-,9+,12+,18-/m0/s1. The first kappa shape index (κ1) is 26.6. The number of nitrogens with two attached hydrogens (primary N) is 1. The number of nitrogen functional groups attached to an aromatic ring is 1. The van der Waals surface area contributed by atoms with E-state index in [9.17, 15) is 34.2 Å². The van der Waals surface area contributed by atoms with E-state index < -0.39 is 52.0 Å². The number of nitrogens with zero attached hydrogens (tertiary/aromatic N) is 5. The van der Waals surface area contributed by atoms with Gasteiger partial charge in [0.15, 0.2) is 22.0 Å². The second kappa shape index (κ2) is 10.1. The van der Waals surface area contributed by atoms with Crippen LogP contribution in [0, 0.1) is 0 Å². The lowest BCUT2D eigenvalue weighted by molar-refractivity contribution is -0.145. The lowest BCUT2D eigenvalue weighted by atomic mass is 9.93. The summed E-state index contributed by atoms with van der Waals surface area (Å²) in [6.07, 6.45) is 0. The number of amides is 1. The molecule has 6 N–H and O–H groups in total. The number of carboxylic acid groups (broad SMARTS) is 2. The molecule has 16 nitrogen and oxygen atoms in total. The molecule has 2 aliphatic heterocycles. The van der Waals surface area contributed by atoms with Gasteiger partial charge in [0.1, 0.15) is 24.4 Å². The van der Waals surface area contributed by atoms with E-state index in [1.54, 1.807) is 0 Å². The molecule has 1 amide bonds. The number of thioether (sulfide) groups is 2. The second-order valence-electron chi connectivity index (χ2n) is 7.88. The molecule has 0 aliphatic carbocycles. The first-order valence-electron chi connectivity index (χ1n) is 10.3. The number of carboxylic acids is 2. The molecular formula is C18H20N8O8S3. The monoisotopic (exact) mass is 572 g/mol. The number of anilines is 1. The Morgan fingerprint density at radius 2 is 2.05 bits per heavy atom. The van der Waals surface area contributed by atoms with Crippen LogP contribution in [0.25, 0.3) is 0 Å². The average Bonchev–Trinajstić information content (AvgIpc) is 3.27. The first-order chi connectivity index (χ1) is 17.5. The minimum absolute atomic E-state index is 0.0608. The van der Waals surface area contributed by atoms with Crippen LogP contribution in [0.4, 0.5) is 5.13 Å². The van der Waals surface area contributed by atoms with Crippen molar-refractivity contribution in [1.82, 2.24) is 30.0 Å². The molecule has 0 radical (unpaired) electrons. The topological polar surface area (TPSA) is 233 Å². The molecule has 2 aliphatic rings. The molecule has 2 aromatic rings. The number of aliphatic carboxylic acids is 2. The number of thiazole rings is 1. The highest BCUT2D eigenvalue weighted by molar-refractivity contribution is 8.00. The van der Waals surface area contributed by atoms with Crippen LogP contribution >= 0.6 is 34.9 Å². The third-order valence-electron chi connectivity index (χ3n) is 5.67. The number of hydrogen-bond donors (Lipinski definition) is 5. The minimum Gasteiger partial charge on any atom is -0.480 e. The van der Waals surface area contributed by atoms with E-state index in [2.05, 4.69) is 25.8 Å². The fourth-order valence-electron chi connectivity index (χ4n) is 4.05. The van der Waals surface area contributed by atoms with Crippen molar-refractivity contribution < 1.29 is 29.4 Å². The minimum atomic E-state index is -1.63. The lowest BCUT2D eigenvalue weighted by Gasteiger charge is -2.48. The Labute approximate surface area is 219 Å². The fraction of sp³-hybridized carbons (Fsp3) is 0.444. The second-order valence-corrected chi connectivity index (χ2v) is 10.8. The van der Waals surface area contributed by atoms with Gasteiger partial charge in [-0.05, 0) is 0 Å². The molecule has 1 spiro atoms. The number of oxime groups is 1. The Kier molecular flexibility index (Phi) is 7.31. The van der Waals surface area contributed by atoms with E-state index in [1.807, 2.05) is 0 Å². The molecule has 19 heteroatoms. The molecule has 1 saturated heterocycles. The molecular weight excluding hydrogens is 552 g/mol. The van der Waals surface area contributed by atoms with Crippen LogP contribution in [0.1, 0.15) is 5.69 Å². The molecule has 37 heavy (non-hydrogen) atoms. The summed E-state index contributed by atoms with van der Waals surface area (Å²) in [7, 11) is 2.67. The zero-order valence-corrected chi connectivity index (χ0v) is 21.6. The van der Waals surface area contributed by atoms with Gasteiger partial charge in [-0.2, -0.15) is 4.98 Å². The Morgan fingerprint density at radius 3 is 2.65 bits per heavy atom. The number of carbonyl (C=O) groups excluding carboxylic acids is 1. The number of carbonyl (C=O) groups is 3. The van der Waals surface area contributed by atoms with Crippen LogP contribution in [-0.2, 0) is 31.8 Å². The first-order valence-corrected chi connectivity index (χ1v) is 13.2. The quantitative estimate of drug-likeness (QED) is 0.131. The smallest absolute Gasteiger partial charge is 0.339 e. The number of rotatable bonds is 7. The highest BCUT2D eigenvalue weighted by atomic mass is 32.2. The van der Waals surface area contributed by atoms with Gasteiger partial charge in [0.2, 0.25) is 0 Å². The van der Waals surface area contributed by atoms with Crippen molar-refractivity contribution in [3.63, 3.8) is 0 Å². The van der Waals surface area contributed by atoms with E-state index in [4.69, 9.17) is 10.6 Å². The normalized spacial score (nSPS) is 23.9. The van der Waals surface area contributed by atoms with Gasteiger partial charge in [0, 0.05) is 23.9 Å². The average molecular weight is 573 g/mol. The van der Waals surface area contributed by atoms with E-state index in [0.717, 1.165) is 39.5 Å². The van der Waals surface area contributed by atoms with Crippen LogP contribution < -0.4 is 27.5 Å². The van der Waals surface area contributed by atoms with Crippen LogP contribution in [0.15, 0.2) is 25.3 Å². The highest BCUT2D eigenvalue weighted by Crippen LogP contribution is 2.40. The maximum atomic E-state index is 12.9. The summed E-state index contributed by atoms with van der Waals surface area (Å²) >= 11 is 3.12. The molecule has 4 heterocycles. The van der Waals surface area contributed by atoms with E-state index in [1.165, 1.54) is 24.2 Å². The van der Waals surface area contributed by atoms with Gasteiger partial charge in [-0.3, -0.25) is 29.2 Å². The van der Waals surface area contributed by atoms with Crippen LogP contribution in [-0.4, -0.2) is 89.2 Å². The van der Waals surface area contributed by atoms with Gasteiger partial charge < -0.3 is 26.1 Å². The van der Waals surface area contributed by atoms with Gasteiger partial charge in [0.05, 0.1) is 5.37 Å². The van der Waals surface area contributed by atoms with E-state index in [-0.39, 0.29) is 33.2 Å². The number of fused-ring (bicyclic) bond motifs is 3. The van der Waals surface area contributed by atoms with Crippen molar-refractivity contribution in [2.24, 2.45) is 12.2 Å². The largest absolute Gasteiger partial charge is 0.480 e. The molecule has 2 aromatic heterocycles. The summed E-state index contributed by atoms with van der Waals surface area (Å²) in [6, 6.07) is -3.12. The summed E-state index contributed by atoms with van der Waals surface area (Å²) in [6.45, 7) is 0. The summed E-state index contributed by atoms with van der Waals surface area (Å²) in [4.78, 5) is 74.7. The predicted molar refractivity (Wildman–Crippen MR) is 133 cm³/mol. The molecule has 198 valence electrons. The fourth-order valence-corrected chi connectivity index (χ4v) is 7.38. The molecule has 4 atom stereocenters. The Morgan fingerprint density at radius 1 is 1.32 bits per heavy atom. The van der Waals surface area contributed by atoms with Gasteiger partial charge in [-0.15, -0.1) is 23.1 Å². The highest BCUT2D eigenvalue weighted by Gasteiger charge is 2.55. The maximum Gasteiger partial charge on any atom is 0.339 e. The van der Waals surface area contributed by atoms with Crippen molar-refractivity contribution >= 4 is 63.5 Å². The summed E-state index contributed by atoms with van der Waals surface area (Å²) in [5, 5.41) is 29.4. The van der Waals surface area contributed by atoms with Crippen molar-refractivity contribution in [2.75, 3.05) is 24.3 Å². The van der Waals surface area contributed by atoms with Gasteiger partial charge in [-0.1, -0.05) is 16.9 Å². The molecule has 4 rings (SSSR count). The molecule has 2 bridgehead atoms. The van der Waals surface area contributed by atoms with Gasteiger partial charge in [-0.25, -0.2) is 14.5 Å². The van der Waals surface area contributed by atoms with Crippen LogP contribution in [0.5, 0.6) is 0 Å². The Hall–Kier alpha value is -3.42. The molecule has 0 saturated carbocycles. The number of aromatic nitrogens is 4. The van der Waals surface area contributed by atoms with Crippen molar-refractivity contribution in [3.05, 3.63) is 31.8 Å². The van der Waals surface area contributed by atoms with Crippen LogP contribution in [0.2, 0.25) is 0 Å². The molecule has 1 fully saturated rings. The third kappa shape index (κ3) is 4.69. The van der Waals surface area contributed by atoms with Crippen molar-refractivity contribution in [3.8, 4) is 0 Å². The summed E-state index contributed by atoms with van der Waals surface area (Å²) in [5.74, 6) is -3.76. The molecule has 0 unspecified atom stereocenters. The van der Waals surface area contributed by atoms with Crippen LogP contribution in [0.3, 0.4) is 0 Å². The van der Waals surface area contributed by atoms with Gasteiger partial charge >= 0.3 is 23.1 Å². The van der Waals surface area contributed by atoms with Crippen molar-refractivity contribution in [2.45, 2.75) is 28.2 Å². The summed E-state index contributed by atoms with van der Waals surface area (Å²) in [5.41, 5.74) is 1.89. The van der Waals surface area contributed by atoms with Gasteiger partial charge in [0.25, 0.3) is 5.91 Å². The zero-order valence-electron chi connectivity index (χ0n) is 19.1. The number of nitrogens with one attached hydrogen (secondary N) is 2. The van der Waals surface area contributed by atoms with Crippen molar-refractivity contribution in [1.29, 1.82) is 0 Å². The maximum absolute atomic E-state index is 12.9. The zero-order chi connectivity index (χ0) is 27.1. The SMILES string of the molecule is CO/N=C(\C(=O)N[C@H](C(=O)O)[C@@H]1N[C@H](C(=O)O)[C@@]2(CSc3nc(=O)c(=O)n2n3C)CS1)c1csc(N)n1. The third-order valence-corrected chi connectivity index (χ3v) is 9.03. The van der Waals surface area contributed by atoms with E-state index >= 15 is 0 Å². The number of hydrogen-bond acceptors (Lipinski definition) is 14. The molecule has 0 aromatic carbocycles. The lowest BCUT2D eigenvalue weighted by Crippen LogP contribution is -2.72. The Bertz CT molecular complexity index is 1420.